The molecule has 8 heteroatoms. The maximum absolute atomic E-state index is 13.5. The van der Waals surface area contributed by atoms with Crippen molar-refractivity contribution in [1.29, 1.82) is 0 Å². The highest BCUT2D eigenvalue weighted by atomic mass is 127. The molecule has 146 valence electrons. The van der Waals surface area contributed by atoms with Gasteiger partial charge in [-0.15, -0.1) is 0 Å². The van der Waals surface area contributed by atoms with E-state index in [1.54, 1.807) is 24.3 Å². The Morgan fingerprint density at radius 1 is 0.607 bits per heavy atom. The monoisotopic (exact) mass is 526 g/mol. The standard InChI is InChI=1S/C20H10ClF6I/c21-14-7-5-12(6-8-14)11-1-3-13(4-2-11)18-16(19(22,23)24)9-15(28)10-17(18)20(25,26)27/h1-10H. The van der Waals surface area contributed by atoms with Gasteiger partial charge in [0.2, 0.25) is 0 Å². The first-order valence-corrected chi connectivity index (χ1v) is 9.27. The van der Waals surface area contributed by atoms with Crippen molar-refractivity contribution < 1.29 is 26.3 Å². The van der Waals surface area contributed by atoms with Crippen LogP contribution in [-0.2, 0) is 12.4 Å². The van der Waals surface area contributed by atoms with Gasteiger partial charge < -0.3 is 0 Å². The van der Waals surface area contributed by atoms with Crippen LogP contribution in [0.2, 0.25) is 5.02 Å². The first-order chi connectivity index (χ1) is 13.0. The summed E-state index contributed by atoms with van der Waals surface area (Å²) in [6.07, 6.45) is -9.85. The third kappa shape index (κ3) is 4.46. The van der Waals surface area contributed by atoms with Gasteiger partial charge in [-0.25, -0.2) is 0 Å². The number of benzene rings is 3. The zero-order chi connectivity index (χ0) is 20.7. The maximum Gasteiger partial charge on any atom is 0.417 e. The second kappa shape index (κ2) is 7.59. The molecule has 0 saturated heterocycles. The summed E-state index contributed by atoms with van der Waals surface area (Å²) in [5.41, 5.74) is -2.27. The minimum atomic E-state index is -4.93. The van der Waals surface area contributed by atoms with Crippen molar-refractivity contribution in [1.82, 2.24) is 0 Å². The van der Waals surface area contributed by atoms with Gasteiger partial charge in [0, 0.05) is 14.2 Å². The Balaban J connectivity index is 2.18. The van der Waals surface area contributed by atoms with Gasteiger partial charge in [-0.2, -0.15) is 26.3 Å². The van der Waals surface area contributed by atoms with E-state index in [2.05, 4.69) is 0 Å². The van der Waals surface area contributed by atoms with Crippen LogP contribution in [0.3, 0.4) is 0 Å². The van der Waals surface area contributed by atoms with Crippen LogP contribution >= 0.6 is 34.2 Å². The number of hydrogen-bond acceptors (Lipinski definition) is 0. The van der Waals surface area contributed by atoms with Gasteiger partial charge in [0.25, 0.3) is 0 Å². The average molecular weight is 527 g/mol. The summed E-state index contributed by atoms with van der Waals surface area (Å²) in [6.45, 7) is 0. The number of halogens is 8. The molecule has 0 aliphatic carbocycles. The topological polar surface area (TPSA) is 0 Å². The molecule has 0 radical (unpaired) electrons. The molecule has 0 nitrogen and oxygen atoms in total. The molecule has 0 fully saturated rings. The number of alkyl halides is 6. The lowest BCUT2D eigenvalue weighted by Crippen LogP contribution is -2.15. The fourth-order valence-corrected chi connectivity index (χ4v) is 3.59. The summed E-state index contributed by atoms with van der Waals surface area (Å²) in [5, 5.41) is 0.517. The van der Waals surface area contributed by atoms with Crippen LogP contribution < -0.4 is 0 Å². The molecular formula is C20H10ClF6I. The van der Waals surface area contributed by atoms with E-state index in [1.165, 1.54) is 46.9 Å². The van der Waals surface area contributed by atoms with Crippen LogP contribution in [-0.4, -0.2) is 0 Å². The Hall–Kier alpha value is -1.74. The van der Waals surface area contributed by atoms with Gasteiger partial charge >= 0.3 is 12.4 Å². The van der Waals surface area contributed by atoms with E-state index < -0.39 is 29.0 Å². The molecule has 0 aromatic heterocycles. The predicted octanol–water partition coefficient (Wildman–Crippen LogP) is 8.32. The molecule has 3 rings (SSSR count). The van der Waals surface area contributed by atoms with Crippen molar-refractivity contribution in [2.45, 2.75) is 12.4 Å². The van der Waals surface area contributed by atoms with Crippen LogP contribution in [0.1, 0.15) is 11.1 Å². The fraction of sp³-hybridized carbons (Fsp3) is 0.100. The van der Waals surface area contributed by atoms with Crippen molar-refractivity contribution in [2.24, 2.45) is 0 Å². The van der Waals surface area contributed by atoms with Crippen molar-refractivity contribution in [3.63, 3.8) is 0 Å². The predicted molar refractivity (Wildman–Crippen MR) is 105 cm³/mol. The third-order valence-corrected chi connectivity index (χ3v) is 4.94. The third-order valence-electron chi connectivity index (χ3n) is 4.07. The largest absolute Gasteiger partial charge is 0.417 e. The van der Waals surface area contributed by atoms with Crippen LogP contribution in [0.4, 0.5) is 26.3 Å². The van der Waals surface area contributed by atoms with Gasteiger partial charge in [-0.3, -0.25) is 0 Å². The summed E-state index contributed by atoms with van der Waals surface area (Å²) in [6, 6.07) is 13.6. The lowest BCUT2D eigenvalue weighted by atomic mass is 9.92. The molecule has 0 unspecified atom stereocenters. The smallest absolute Gasteiger partial charge is 0.166 e. The Morgan fingerprint density at radius 2 is 0.964 bits per heavy atom. The minimum Gasteiger partial charge on any atom is -0.166 e. The minimum absolute atomic E-state index is 0.140. The van der Waals surface area contributed by atoms with Crippen molar-refractivity contribution >= 4 is 34.2 Å². The summed E-state index contributed by atoms with van der Waals surface area (Å²) >= 11 is 7.28. The van der Waals surface area contributed by atoms with E-state index >= 15 is 0 Å². The van der Waals surface area contributed by atoms with Crippen LogP contribution in [0.15, 0.2) is 60.7 Å². The van der Waals surface area contributed by atoms with Crippen molar-refractivity contribution in [3.8, 4) is 22.3 Å². The highest BCUT2D eigenvalue weighted by Gasteiger charge is 2.41. The van der Waals surface area contributed by atoms with Crippen LogP contribution in [0, 0.1) is 3.57 Å². The number of hydrogen-bond donors (Lipinski definition) is 0. The molecule has 0 bridgehead atoms. The van der Waals surface area contributed by atoms with Gasteiger partial charge in [-0.1, -0.05) is 48.0 Å². The summed E-state index contributed by atoms with van der Waals surface area (Å²) in [7, 11) is 0. The maximum atomic E-state index is 13.5. The molecule has 0 heterocycles. The Bertz CT molecular complexity index is 954. The van der Waals surface area contributed by atoms with Gasteiger partial charge in [0.05, 0.1) is 11.1 Å². The lowest BCUT2D eigenvalue weighted by molar-refractivity contribution is -0.142. The second-order valence-electron chi connectivity index (χ2n) is 5.96. The fourth-order valence-electron chi connectivity index (χ4n) is 2.84. The molecule has 3 aromatic rings. The normalized spacial score (nSPS) is 12.3. The molecule has 3 aromatic carbocycles. The van der Waals surface area contributed by atoms with Crippen LogP contribution in [0.5, 0.6) is 0 Å². The highest BCUT2D eigenvalue weighted by molar-refractivity contribution is 14.1. The molecule has 0 aliphatic heterocycles. The van der Waals surface area contributed by atoms with Gasteiger partial charge in [-0.05, 0) is 63.5 Å². The summed E-state index contributed by atoms with van der Waals surface area (Å²) in [5.74, 6) is 0. The molecule has 0 saturated carbocycles. The van der Waals surface area contributed by atoms with E-state index in [9.17, 15) is 26.3 Å². The Labute approximate surface area is 175 Å². The molecular weight excluding hydrogens is 517 g/mol. The first kappa shape index (κ1) is 21.0. The van der Waals surface area contributed by atoms with Crippen LogP contribution in [0.25, 0.3) is 22.3 Å². The SMILES string of the molecule is FC(F)(F)c1cc(I)cc(C(F)(F)F)c1-c1ccc(-c2ccc(Cl)cc2)cc1. The Morgan fingerprint density at radius 3 is 1.36 bits per heavy atom. The number of rotatable bonds is 2. The lowest BCUT2D eigenvalue weighted by Gasteiger charge is -2.20. The van der Waals surface area contributed by atoms with Gasteiger partial charge in [0.1, 0.15) is 0 Å². The van der Waals surface area contributed by atoms with E-state index in [1.807, 2.05) is 0 Å². The molecule has 0 atom stereocenters. The second-order valence-corrected chi connectivity index (χ2v) is 7.64. The van der Waals surface area contributed by atoms with E-state index in [0.29, 0.717) is 10.6 Å². The highest BCUT2D eigenvalue weighted by Crippen LogP contribution is 2.45. The van der Waals surface area contributed by atoms with E-state index in [-0.39, 0.29) is 9.13 Å². The molecule has 0 spiro atoms. The zero-order valence-electron chi connectivity index (χ0n) is 13.8. The van der Waals surface area contributed by atoms with E-state index in [0.717, 1.165) is 17.7 Å². The molecule has 0 aliphatic rings. The zero-order valence-corrected chi connectivity index (χ0v) is 16.7. The summed E-state index contributed by atoms with van der Waals surface area (Å²) in [4.78, 5) is 0. The first-order valence-electron chi connectivity index (χ1n) is 7.81. The van der Waals surface area contributed by atoms with Crippen molar-refractivity contribution in [3.05, 3.63) is 80.4 Å². The molecule has 28 heavy (non-hydrogen) atoms. The summed E-state index contributed by atoms with van der Waals surface area (Å²) < 4.78 is 80.7. The van der Waals surface area contributed by atoms with Crippen molar-refractivity contribution in [2.75, 3.05) is 0 Å². The average Bonchev–Trinajstić information content (AvgIpc) is 2.60. The molecule has 0 amide bonds. The molecule has 0 N–H and O–H groups in total. The van der Waals surface area contributed by atoms with Gasteiger partial charge in [0.15, 0.2) is 0 Å². The Kier molecular flexibility index (Phi) is 5.69. The van der Waals surface area contributed by atoms with E-state index in [4.69, 9.17) is 11.6 Å². The quantitative estimate of drug-likeness (QED) is 0.233.